The minimum absolute atomic E-state index is 0.0259. The number of fused-ring (bicyclic) bond motifs is 1. The topological polar surface area (TPSA) is 41.1 Å². The van der Waals surface area contributed by atoms with Crippen molar-refractivity contribution in [1.82, 2.24) is 5.32 Å². The Kier molecular flexibility index (Phi) is 4.35. The van der Waals surface area contributed by atoms with Gasteiger partial charge >= 0.3 is 0 Å². The van der Waals surface area contributed by atoms with E-state index in [9.17, 15) is 4.79 Å². The van der Waals surface area contributed by atoms with Crippen LogP contribution in [0, 0.1) is 5.92 Å². The Balaban J connectivity index is 1.40. The van der Waals surface area contributed by atoms with Crippen molar-refractivity contribution in [2.24, 2.45) is 5.92 Å². The summed E-state index contributed by atoms with van der Waals surface area (Å²) < 4.78 is 0. The predicted octanol–water partition coefficient (Wildman–Crippen LogP) is 3.58. The Morgan fingerprint density at radius 3 is 2.71 bits per heavy atom. The minimum atomic E-state index is -0.0259. The number of hydrogen-bond donors (Lipinski definition) is 2. The third-order valence-corrected chi connectivity index (χ3v) is 5.26. The van der Waals surface area contributed by atoms with Gasteiger partial charge in [-0.15, -0.1) is 0 Å². The van der Waals surface area contributed by atoms with Crippen molar-refractivity contribution in [1.29, 1.82) is 0 Å². The molecular weight excluding hydrogens is 296 g/mol. The number of rotatable bonds is 4. The second kappa shape index (κ2) is 6.78. The van der Waals surface area contributed by atoms with Crippen LogP contribution in [0.4, 0.5) is 5.69 Å². The van der Waals surface area contributed by atoms with E-state index in [0.29, 0.717) is 0 Å². The highest BCUT2D eigenvalue weighted by molar-refractivity contribution is 6.04. The van der Waals surface area contributed by atoms with Gasteiger partial charge in [0.25, 0.3) is 5.91 Å². The van der Waals surface area contributed by atoms with Crippen LogP contribution >= 0.6 is 0 Å². The van der Waals surface area contributed by atoms with Crippen molar-refractivity contribution >= 4 is 11.6 Å². The molecule has 1 atom stereocenters. The van der Waals surface area contributed by atoms with Gasteiger partial charge in [0.05, 0.1) is 0 Å². The van der Waals surface area contributed by atoms with E-state index >= 15 is 0 Å². The van der Waals surface area contributed by atoms with Crippen LogP contribution in [0.25, 0.3) is 0 Å². The lowest BCUT2D eigenvalue weighted by atomic mass is 9.98. The second-order valence-electron chi connectivity index (χ2n) is 7.05. The zero-order valence-corrected chi connectivity index (χ0v) is 14.0. The molecule has 3 nitrogen and oxygen atoms in total. The van der Waals surface area contributed by atoms with Gasteiger partial charge in [0.1, 0.15) is 0 Å². The molecule has 2 N–H and O–H groups in total. The van der Waals surface area contributed by atoms with Crippen LogP contribution in [0.3, 0.4) is 0 Å². The molecule has 0 saturated carbocycles. The monoisotopic (exact) mass is 320 g/mol. The number of hydrogen-bond acceptors (Lipinski definition) is 2. The van der Waals surface area contributed by atoms with Crippen molar-refractivity contribution < 1.29 is 4.79 Å². The summed E-state index contributed by atoms with van der Waals surface area (Å²) in [5.74, 6) is 0.707. The largest absolute Gasteiger partial charge is 0.322 e. The van der Waals surface area contributed by atoms with Crippen molar-refractivity contribution in [2.45, 2.75) is 32.1 Å². The number of carbonyl (C=O) groups is 1. The van der Waals surface area contributed by atoms with Gasteiger partial charge in [-0.2, -0.15) is 0 Å². The summed E-state index contributed by atoms with van der Waals surface area (Å²) in [5, 5.41) is 6.43. The molecule has 1 heterocycles. The molecule has 2 aliphatic rings. The summed E-state index contributed by atoms with van der Waals surface area (Å²) in [5.41, 5.74) is 5.76. The molecule has 1 amide bonds. The van der Waals surface area contributed by atoms with Crippen molar-refractivity contribution in [3.8, 4) is 0 Å². The molecule has 1 aliphatic carbocycles. The normalized spacial score (nSPS) is 19.2. The summed E-state index contributed by atoms with van der Waals surface area (Å²) in [6.45, 7) is 2.24. The number of nitrogens with one attached hydrogen (secondary N) is 2. The molecule has 0 aromatic heterocycles. The smallest absolute Gasteiger partial charge is 0.255 e. The minimum Gasteiger partial charge on any atom is -0.322 e. The van der Waals surface area contributed by atoms with Gasteiger partial charge in [-0.1, -0.05) is 18.2 Å². The maximum Gasteiger partial charge on any atom is 0.255 e. The van der Waals surface area contributed by atoms with Crippen LogP contribution in [-0.2, 0) is 19.3 Å². The van der Waals surface area contributed by atoms with Crippen LogP contribution in [0.15, 0.2) is 42.5 Å². The fourth-order valence-corrected chi connectivity index (χ4v) is 3.87. The molecule has 2 aromatic rings. The van der Waals surface area contributed by atoms with Crippen LogP contribution in [0.2, 0.25) is 0 Å². The van der Waals surface area contributed by atoms with Gasteiger partial charge in [0.2, 0.25) is 0 Å². The quantitative estimate of drug-likeness (QED) is 0.904. The lowest BCUT2D eigenvalue weighted by Crippen LogP contribution is -2.13. The fourth-order valence-electron chi connectivity index (χ4n) is 3.87. The third-order valence-electron chi connectivity index (χ3n) is 5.26. The zero-order valence-electron chi connectivity index (χ0n) is 14.0. The standard InChI is InChI=1S/C21H24N2O/c24-21(23-20-9-8-17-2-1-3-19(17)13-20)18-6-4-15(5-7-18)12-16-10-11-22-14-16/h4-9,13,16,22H,1-3,10-12,14H2,(H,23,24). The molecule has 0 radical (unpaired) electrons. The average Bonchev–Trinajstić information content (AvgIpc) is 3.26. The highest BCUT2D eigenvalue weighted by atomic mass is 16.1. The van der Waals surface area contributed by atoms with Gasteiger partial charge < -0.3 is 10.6 Å². The summed E-state index contributed by atoms with van der Waals surface area (Å²) in [7, 11) is 0. The first kappa shape index (κ1) is 15.4. The second-order valence-corrected chi connectivity index (χ2v) is 7.05. The van der Waals surface area contributed by atoms with E-state index < -0.39 is 0 Å². The Labute approximate surface area is 143 Å². The predicted molar refractivity (Wildman–Crippen MR) is 97.5 cm³/mol. The molecular formula is C21H24N2O. The molecule has 24 heavy (non-hydrogen) atoms. The SMILES string of the molecule is O=C(Nc1ccc2c(c1)CCC2)c1ccc(CC2CCNC2)cc1. The van der Waals surface area contributed by atoms with Crippen molar-refractivity contribution in [3.05, 3.63) is 64.7 Å². The van der Waals surface area contributed by atoms with Crippen LogP contribution < -0.4 is 10.6 Å². The van der Waals surface area contributed by atoms with E-state index in [-0.39, 0.29) is 5.91 Å². The molecule has 0 bridgehead atoms. The van der Waals surface area contributed by atoms with Crippen molar-refractivity contribution in [3.63, 3.8) is 0 Å². The van der Waals surface area contributed by atoms with Crippen molar-refractivity contribution in [2.75, 3.05) is 18.4 Å². The van der Waals surface area contributed by atoms with E-state index in [2.05, 4.69) is 34.9 Å². The molecule has 2 aromatic carbocycles. The number of anilines is 1. The molecule has 1 unspecified atom stereocenters. The summed E-state index contributed by atoms with van der Waals surface area (Å²) in [6.07, 6.45) is 5.87. The number of carbonyl (C=O) groups excluding carboxylic acids is 1. The highest BCUT2D eigenvalue weighted by Gasteiger charge is 2.15. The van der Waals surface area contributed by atoms with Gasteiger partial charge in [-0.05, 0) is 92.1 Å². The maximum atomic E-state index is 12.4. The fraction of sp³-hybridized carbons (Fsp3) is 0.381. The summed E-state index contributed by atoms with van der Waals surface area (Å²) >= 11 is 0. The first-order chi connectivity index (χ1) is 11.8. The first-order valence-electron chi connectivity index (χ1n) is 9.01. The molecule has 0 spiro atoms. The van der Waals surface area contributed by atoms with Gasteiger partial charge in [-0.25, -0.2) is 0 Å². The Hall–Kier alpha value is -2.13. The van der Waals surface area contributed by atoms with E-state index in [0.717, 1.165) is 43.1 Å². The average molecular weight is 320 g/mol. The third kappa shape index (κ3) is 3.36. The Morgan fingerprint density at radius 2 is 1.92 bits per heavy atom. The van der Waals surface area contributed by atoms with E-state index in [4.69, 9.17) is 0 Å². The van der Waals surface area contributed by atoms with Crippen LogP contribution in [0.5, 0.6) is 0 Å². The molecule has 1 saturated heterocycles. The van der Waals surface area contributed by atoms with E-state index in [1.807, 2.05) is 18.2 Å². The molecule has 4 rings (SSSR count). The van der Waals surface area contributed by atoms with Crippen LogP contribution in [-0.4, -0.2) is 19.0 Å². The van der Waals surface area contributed by atoms with Gasteiger partial charge in [-0.3, -0.25) is 4.79 Å². The molecule has 3 heteroatoms. The Bertz CT molecular complexity index is 730. The zero-order chi connectivity index (χ0) is 16.4. The number of benzene rings is 2. The molecule has 124 valence electrons. The Morgan fingerprint density at radius 1 is 1.08 bits per heavy atom. The van der Waals surface area contributed by atoms with E-state index in [1.165, 1.54) is 36.0 Å². The maximum absolute atomic E-state index is 12.4. The first-order valence-corrected chi connectivity index (χ1v) is 9.01. The molecule has 1 aliphatic heterocycles. The van der Waals surface area contributed by atoms with Crippen LogP contribution in [0.1, 0.15) is 39.9 Å². The molecule has 1 fully saturated rings. The van der Waals surface area contributed by atoms with Gasteiger partial charge in [0, 0.05) is 11.3 Å². The lowest BCUT2D eigenvalue weighted by Gasteiger charge is -2.10. The van der Waals surface area contributed by atoms with Gasteiger partial charge in [0.15, 0.2) is 0 Å². The summed E-state index contributed by atoms with van der Waals surface area (Å²) in [4.78, 5) is 12.4. The number of aryl methyl sites for hydroxylation is 2. The van der Waals surface area contributed by atoms with E-state index in [1.54, 1.807) is 0 Å². The number of amides is 1. The highest BCUT2D eigenvalue weighted by Crippen LogP contribution is 2.25. The summed E-state index contributed by atoms with van der Waals surface area (Å²) in [6, 6.07) is 14.4. The lowest BCUT2D eigenvalue weighted by molar-refractivity contribution is 0.102.